The van der Waals surface area contributed by atoms with Gasteiger partial charge < -0.3 is 10.2 Å². The second-order valence-electron chi connectivity index (χ2n) is 6.83. The van der Waals surface area contributed by atoms with Gasteiger partial charge in [0.15, 0.2) is 0 Å². The van der Waals surface area contributed by atoms with Crippen molar-refractivity contribution in [3.05, 3.63) is 71.9 Å². The summed E-state index contributed by atoms with van der Waals surface area (Å²) in [5, 5.41) is 7.48. The molecule has 6 heteroatoms. The lowest BCUT2D eigenvalue weighted by Crippen LogP contribution is -2.30. The molecule has 0 aliphatic carbocycles. The molecule has 0 aliphatic heterocycles. The van der Waals surface area contributed by atoms with E-state index in [0.717, 1.165) is 16.8 Å². The van der Waals surface area contributed by atoms with Crippen LogP contribution in [-0.2, 0) is 4.79 Å². The number of nitrogens with one attached hydrogen (secondary N) is 1. The topological polar surface area (TPSA) is 67.2 Å². The quantitative estimate of drug-likeness (QED) is 0.719. The van der Waals surface area contributed by atoms with E-state index in [4.69, 9.17) is 0 Å². The predicted octanol–water partition coefficient (Wildman–Crippen LogP) is 3.06. The van der Waals surface area contributed by atoms with Crippen molar-refractivity contribution < 1.29 is 9.59 Å². The number of hydrogen-bond acceptors (Lipinski definition) is 3. The van der Waals surface area contributed by atoms with Crippen molar-refractivity contribution in [1.82, 2.24) is 20.0 Å². The van der Waals surface area contributed by atoms with E-state index < -0.39 is 0 Å². The van der Waals surface area contributed by atoms with E-state index in [1.54, 1.807) is 25.0 Å². The van der Waals surface area contributed by atoms with E-state index >= 15 is 0 Å². The van der Waals surface area contributed by atoms with E-state index in [-0.39, 0.29) is 24.8 Å². The third-order valence-corrected chi connectivity index (χ3v) is 4.43. The number of nitrogens with zero attached hydrogens (tertiary/aromatic N) is 3. The molecule has 0 spiro atoms. The standard InChI is InChI=1S/C22H24N4O2/c1-16-9-11-18(12-10-16)26-15-19(21(24-26)17-7-5-4-6-8-17)22(28)23-14-13-20(27)25(2)3/h4-12,15H,13-14H2,1-3H3,(H,23,28). The first-order valence-corrected chi connectivity index (χ1v) is 9.16. The van der Waals surface area contributed by atoms with Crippen LogP contribution >= 0.6 is 0 Å². The summed E-state index contributed by atoms with van der Waals surface area (Å²) in [4.78, 5) is 26.0. The molecule has 6 nitrogen and oxygen atoms in total. The molecule has 144 valence electrons. The summed E-state index contributed by atoms with van der Waals surface area (Å²) in [6.07, 6.45) is 1.99. The average Bonchev–Trinajstić information content (AvgIpc) is 3.14. The molecule has 0 atom stereocenters. The summed E-state index contributed by atoms with van der Waals surface area (Å²) in [6.45, 7) is 2.30. The monoisotopic (exact) mass is 376 g/mol. The molecule has 0 saturated heterocycles. The fraction of sp³-hybridized carbons (Fsp3) is 0.227. The Morgan fingerprint density at radius 1 is 1.04 bits per heavy atom. The zero-order chi connectivity index (χ0) is 20.1. The largest absolute Gasteiger partial charge is 0.351 e. The van der Waals surface area contributed by atoms with E-state index in [2.05, 4.69) is 10.4 Å². The molecular weight excluding hydrogens is 352 g/mol. The predicted molar refractivity (Wildman–Crippen MR) is 109 cm³/mol. The first-order valence-electron chi connectivity index (χ1n) is 9.16. The Kier molecular flexibility index (Phi) is 5.89. The maximum atomic E-state index is 12.8. The summed E-state index contributed by atoms with van der Waals surface area (Å²) in [5.41, 5.74) is 3.98. The van der Waals surface area contributed by atoms with E-state index in [1.807, 2.05) is 61.5 Å². The summed E-state index contributed by atoms with van der Waals surface area (Å²) >= 11 is 0. The van der Waals surface area contributed by atoms with Gasteiger partial charge in [-0.25, -0.2) is 4.68 Å². The Morgan fingerprint density at radius 2 is 1.71 bits per heavy atom. The van der Waals surface area contributed by atoms with Crippen molar-refractivity contribution in [1.29, 1.82) is 0 Å². The lowest BCUT2D eigenvalue weighted by molar-refractivity contribution is -0.128. The summed E-state index contributed by atoms with van der Waals surface area (Å²) in [7, 11) is 3.40. The van der Waals surface area contributed by atoms with Crippen molar-refractivity contribution in [2.24, 2.45) is 0 Å². The van der Waals surface area contributed by atoms with Gasteiger partial charge in [-0.3, -0.25) is 9.59 Å². The van der Waals surface area contributed by atoms with Crippen molar-refractivity contribution in [3.8, 4) is 16.9 Å². The van der Waals surface area contributed by atoms with Crippen molar-refractivity contribution in [2.45, 2.75) is 13.3 Å². The van der Waals surface area contributed by atoms with Gasteiger partial charge in [0.2, 0.25) is 5.91 Å². The number of benzene rings is 2. The van der Waals surface area contributed by atoms with Gasteiger partial charge in [-0.2, -0.15) is 5.10 Å². The van der Waals surface area contributed by atoms with Crippen LogP contribution in [0.25, 0.3) is 16.9 Å². The van der Waals surface area contributed by atoms with E-state index in [1.165, 1.54) is 4.90 Å². The van der Waals surface area contributed by atoms with Crippen LogP contribution < -0.4 is 5.32 Å². The summed E-state index contributed by atoms with van der Waals surface area (Å²) < 4.78 is 1.71. The van der Waals surface area contributed by atoms with Crippen LogP contribution in [0.3, 0.4) is 0 Å². The number of aryl methyl sites for hydroxylation is 1. The van der Waals surface area contributed by atoms with Crippen molar-refractivity contribution >= 4 is 11.8 Å². The Bertz CT molecular complexity index is 960. The highest BCUT2D eigenvalue weighted by molar-refractivity contribution is 6.00. The third kappa shape index (κ3) is 4.46. The minimum Gasteiger partial charge on any atom is -0.351 e. The Labute approximate surface area is 164 Å². The second kappa shape index (κ2) is 8.52. The maximum Gasteiger partial charge on any atom is 0.255 e. The second-order valence-corrected chi connectivity index (χ2v) is 6.83. The molecule has 28 heavy (non-hydrogen) atoms. The number of carbonyl (C=O) groups excluding carboxylic acids is 2. The van der Waals surface area contributed by atoms with Crippen molar-refractivity contribution in [2.75, 3.05) is 20.6 Å². The van der Waals surface area contributed by atoms with Gasteiger partial charge in [-0.15, -0.1) is 0 Å². The number of carbonyl (C=O) groups is 2. The molecule has 0 bridgehead atoms. The van der Waals surface area contributed by atoms with Crippen LogP contribution in [0.15, 0.2) is 60.8 Å². The first kappa shape index (κ1) is 19.4. The van der Waals surface area contributed by atoms with Crippen LogP contribution in [0.2, 0.25) is 0 Å². The van der Waals surface area contributed by atoms with Gasteiger partial charge in [0.25, 0.3) is 5.91 Å². The summed E-state index contributed by atoms with van der Waals surface area (Å²) in [6, 6.07) is 17.5. The first-order chi connectivity index (χ1) is 13.5. The molecule has 3 rings (SSSR count). The van der Waals surface area contributed by atoms with E-state index in [0.29, 0.717) is 11.3 Å². The molecule has 1 heterocycles. The van der Waals surface area contributed by atoms with Crippen molar-refractivity contribution in [3.63, 3.8) is 0 Å². The molecule has 0 saturated carbocycles. The zero-order valence-corrected chi connectivity index (χ0v) is 16.3. The number of amides is 2. The fourth-order valence-electron chi connectivity index (χ4n) is 2.78. The van der Waals surface area contributed by atoms with Crippen LogP contribution in [0.1, 0.15) is 22.3 Å². The molecular formula is C22H24N4O2. The highest BCUT2D eigenvalue weighted by atomic mass is 16.2. The molecule has 2 amide bonds. The van der Waals surface area contributed by atoms with Gasteiger partial charge >= 0.3 is 0 Å². The summed E-state index contributed by atoms with van der Waals surface area (Å²) in [5.74, 6) is -0.275. The lowest BCUT2D eigenvalue weighted by atomic mass is 10.1. The molecule has 1 aromatic heterocycles. The van der Waals surface area contributed by atoms with Gasteiger partial charge in [-0.1, -0.05) is 48.0 Å². The molecule has 0 aliphatic rings. The minimum atomic E-state index is -0.247. The normalized spacial score (nSPS) is 10.5. The van der Waals surface area contributed by atoms with Gasteiger partial charge in [-0.05, 0) is 19.1 Å². The molecule has 2 aromatic carbocycles. The number of aromatic nitrogens is 2. The molecule has 0 radical (unpaired) electrons. The van der Waals surface area contributed by atoms with Gasteiger partial charge in [0.05, 0.1) is 11.3 Å². The Morgan fingerprint density at radius 3 is 2.36 bits per heavy atom. The smallest absolute Gasteiger partial charge is 0.255 e. The van der Waals surface area contributed by atoms with Crippen LogP contribution in [0.5, 0.6) is 0 Å². The molecule has 3 aromatic rings. The maximum absolute atomic E-state index is 12.8. The van der Waals surface area contributed by atoms with Crippen LogP contribution in [-0.4, -0.2) is 47.1 Å². The van der Waals surface area contributed by atoms with Gasteiger partial charge in [0, 0.05) is 38.8 Å². The highest BCUT2D eigenvalue weighted by Gasteiger charge is 2.18. The zero-order valence-electron chi connectivity index (χ0n) is 16.3. The average molecular weight is 376 g/mol. The fourth-order valence-corrected chi connectivity index (χ4v) is 2.78. The van der Waals surface area contributed by atoms with Crippen LogP contribution in [0, 0.1) is 6.92 Å². The number of hydrogen-bond donors (Lipinski definition) is 1. The Hall–Kier alpha value is -3.41. The minimum absolute atomic E-state index is 0.0288. The molecule has 0 unspecified atom stereocenters. The lowest BCUT2D eigenvalue weighted by Gasteiger charge is -2.10. The third-order valence-electron chi connectivity index (χ3n) is 4.43. The molecule has 1 N–H and O–H groups in total. The van der Waals surface area contributed by atoms with E-state index in [9.17, 15) is 9.59 Å². The number of rotatable bonds is 6. The van der Waals surface area contributed by atoms with Crippen LogP contribution in [0.4, 0.5) is 0 Å². The molecule has 0 fully saturated rings. The SMILES string of the molecule is Cc1ccc(-n2cc(C(=O)NCCC(=O)N(C)C)c(-c3ccccc3)n2)cc1. The Balaban J connectivity index is 1.88. The van der Waals surface area contributed by atoms with Gasteiger partial charge in [0.1, 0.15) is 5.69 Å². The highest BCUT2D eigenvalue weighted by Crippen LogP contribution is 2.23.